The van der Waals surface area contributed by atoms with E-state index in [1.165, 1.54) is 4.88 Å². The van der Waals surface area contributed by atoms with Crippen LogP contribution in [-0.2, 0) is 6.42 Å². The Morgan fingerprint density at radius 2 is 2.45 bits per heavy atom. The van der Waals surface area contributed by atoms with Gasteiger partial charge in [0.05, 0.1) is 5.56 Å². The molecule has 1 aromatic heterocycles. The monoisotopic (exact) mass is 166 g/mol. The van der Waals surface area contributed by atoms with Gasteiger partial charge in [-0.05, 0) is 12.5 Å². The summed E-state index contributed by atoms with van der Waals surface area (Å²) in [6, 6.07) is 4.09. The van der Waals surface area contributed by atoms with Crippen LogP contribution < -0.4 is 5.32 Å². The fraction of sp³-hybridized carbons (Fsp3) is 0.375. The Bertz CT molecular complexity index is 283. The van der Waals surface area contributed by atoms with Crippen LogP contribution in [0.5, 0.6) is 0 Å². The fourth-order valence-corrected chi connectivity index (χ4v) is 1.78. The molecule has 1 rings (SSSR count). The summed E-state index contributed by atoms with van der Waals surface area (Å²) in [4.78, 5) is 1.26. The first kappa shape index (κ1) is 8.09. The molecular formula is C8H10N2S. The van der Waals surface area contributed by atoms with Crippen molar-refractivity contribution >= 4 is 16.3 Å². The molecule has 0 aliphatic carbocycles. The van der Waals surface area contributed by atoms with Crippen molar-refractivity contribution in [2.24, 2.45) is 0 Å². The van der Waals surface area contributed by atoms with Gasteiger partial charge in [-0.3, -0.25) is 0 Å². The van der Waals surface area contributed by atoms with Crippen LogP contribution in [0.4, 0.5) is 5.00 Å². The highest BCUT2D eigenvalue weighted by Gasteiger charge is 2.04. The van der Waals surface area contributed by atoms with Gasteiger partial charge in [0, 0.05) is 11.9 Å². The predicted octanol–water partition coefficient (Wildman–Crippen LogP) is 2.22. The zero-order valence-corrected chi connectivity index (χ0v) is 7.46. The molecule has 0 amide bonds. The van der Waals surface area contributed by atoms with Crippen LogP contribution >= 0.6 is 11.3 Å². The lowest BCUT2D eigenvalue weighted by Crippen LogP contribution is -1.84. The SMILES string of the molecule is CCc1cc(C#N)c(NC)s1. The van der Waals surface area contributed by atoms with Gasteiger partial charge in [0.25, 0.3) is 0 Å². The number of nitriles is 1. The third-order valence-corrected chi connectivity index (χ3v) is 2.78. The molecule has 0 saturated carbocycles. The van der Waals surface area contributed by atoms with E-state index < -0.39 is 0 Å². The van der Waals surface area contributed by atoms with Gasteiger partial charge in [-0.1, -0.05) is 6.92 Å². The summed E-state index contributed by atoms with van der Waals surface area (Å²) in [6.45, 7) is 2.09. The summed E-state index contributed by atoms with van der Waals surface area (Å²) in [5, 5.41) is 12.6. The van der Waals surface area contributed by atoms with Crippen molar-refractivity contribution in [1.29, 1.82) is 5.26 Å². The van der Waals surface area contributed by atoms with Gasteiger partial charge in [0.1, 0.15) is 11.1 Å². The molecular weight excluding hydrogens is 156 g/mol. The molecule has 0 radical (unpaired) electrons. The second kappa shape index (κ2) is 3.40. The Balaban J connectivity index is 3.05. The first-order valence-corrected chi connectivity index (χ1v) is 4.34. The maximum atomic E-state index is 8.68. The van der Waals surface area contributed by atoms with Crippen molar-refractivity contribution in [2.45, 2.75) is 13.3 Å². The first-order valence-electron chi connectivity index (χ1n) is 3.52. The minimum Gasteiger partial charge on any atom is -0.379 e. The van der Waals surface area contributed by atoms with Crippen molar-refractivity contribution in [2.75, 3.05) is 12.4 Å². The van der Waals surface area contributed by atoms with Gasteiger partial charge in [-0.15, -0.1) is 11.3 Å². The minimum absolute atomic E-state index is 0.759. The lowest BCUT2D eigenvalue weighted by Gasteiger charge is -1.91. The maximum Gasteiger partial charge on any atom is 0.106 e. The number of nitrogens with one attached hydrogen (secondary N) is 1. The minimum atomic E-state index is 0.759. The van der Waals surface area contributed by atoms with E-state index >= 15 is 0 Å². The Morgan fingerprint density at radius 3 is 2.82 bits per heavy atom. The molecule has 0 atom stereocenters. The number of aryl methyl sites for hydroxylation is 1. The average Bonchev–Trinajstić information content (AvgIpc) is 2.46. The first-order chi connectivity index (χ1) is 5.31. The Kier molecular flexibility index (Phi) is 2.50. The number of thiophene rings is 1. The second-order valence-corrected chi connectivity index (χ2v) is 3.31. The summed E-state index contributed by atoms with van der Waals surface area (Å²) in [7, 11) is 1.84. The molecule has 3 heteroatoms. The van der Waals surface area contributed by atoms with Crippen LogP contribution in [-0.4, -0.2) is 7.05 Å². The molecule has 2 nitrogen and oxygen atoms in total. The van der Waals surface area contributed by atoms with Crippen LogP contribution in [0.1, 0.15) is 17.4 Å². The molecule has 11 heavy (non-hydrogen) atoms. The van der Waals surface area contributed by atoms with Gasteiger partial charge in [0.15, 0.2) is 0 Å². The van der Waals surface area contributed by atoms with E-state index in [0.717, 1.165) is 17.0 Å². The molecule has 0 spiro atoms. The van der Waals surface area contributed by atoms with Crippen molar-refractivity contribution in [3.05, 3.63) is 16.5 Å². The van der Waals surface area contributed by atoms with E-state index in [2.05, 4.69) is 18.3 Å². The normalized spacial score (nSPS) is 9.18. The van der Waals surface area contributed by atoms with Crippen LogP contribution in [0.25, 0.3) is 0 Å². The van der Waals surface area contributed by atoms with Crippen LogP contribution in [0.15, 0.2) is 6.07 Å². The smallest absolute Gasteiger partial charge is 0.106 e. The van der Waals surface area contributed by atoms with Crippen molar-refractivity contribution < 1.29 is 0 Å². The Hall–Kier alpha value is -1.01. The number of rotatable bonds is 2. The number of anilines is 1. The highest BCUT2D eigenvalue weighted by atomic mass is 32.1. The molecule has 1 N–H and O–H groups in total. The molecule has 1 aromatic rings. The van der Waals surface area contributed by atoms with Crippen molar-refractivity contribution in [3.63, 3.8) is 0 Å². The molecule has 0 aliphatic rings. The van der Waals surface area contributed by atoms with E-state index in [1.807, 2.05) is 13.1 Å². The zero-order chi connectivity index (χ0) is 8.27. The van der Waals surface area contributed by atoms with E-state index in [0.29, 0.717) is 0 Å². The summed E-state index contributed by atoms with van der Waals surface area (Å²) in [5.74, 6) is 0. The summed E-state index contributed by atoms with van der Waals surface area (Å²) < 4.78 is 0. The van der Waals surface area contributed by atoms with E-state index in [9.17, 15) is 0 Å². The number of hydrogen-bond acceptors (Lipinski definition) is 3. The molecule has 58 valence electrons. The quantitative estimate of drug-likeness (QED) is 0.731. The zero-order valence-electron chi connectivity index (χ0n) is 6.64. The van der Waals surface area contributed by atoms with Gasteiger partial charge < -0.3 is 5.32 Å². The lowest BCUT2D eigenvalue weighted by molar-refractivity contribution is 1.18. The van der Waals surface area contributed by atoms with Gasteiger partial charge in [-0.2, -0.15) is 5.26 Å². The van der Waals surface area contributed by atoms with Gasteiger partial charge >= 0.3 is 0 Å². The molecule has 1 heterocycles. The highest BCUT2D eigenvalue weighted by molar-refractivity contribution is 7.16. The van der Waals surface area contributed by atoms with Crippen molar-refractivity contribution in [1.82, 2.24) is 0 Å². The van der Waals surface area contributed by atoms with Gasteiger partial charge in [-0.25, -0.2) is 0 Å². The Labute approximate surface area is 70.5 Å². The number of nitrogens with zero attached hydrogens (tertiary/aromatic N) is 1. The standard InChI is InChI=1S/C8H10N2S/c1-3-7-4-6(5-9)8(10-2)11-7/h4,10H,3H2,1-2H3. The molecule has 0 saturated heterocycles. The van der Waals surface area contributed by atoms with Crippen LogP contribution in [0, 0.1) is 11.3 Å². The fourth-order valence-electron chi connectivity index (χ4n) is 0.885. The molecule has 0 aliphatic heterocycles. The largest absolute Gasteiger partial charge is 0.379 e. The number of hydrogen-bond donors (Lipinski definition) is 1. The molecule has 0 bridgehead atoms. The van der Waals surface area contributed by atoms with Crippen LogP contribution in [0.3, 0.4) is 0 Å². The van der Waals surface area contributed by atoms with Crippen LogP contribution in [0.2, 0.25) is 0 Å². The summed E-state index contributed by atoms with van der Waals surface area (Å²) in [6.07, 6.45) is 1.00. The second-order valence-electron chi connectivity index (χ2n) is 2.17. The average molecular weight is 166 g/mol. The third-order valence-electron chi connectivity index (χ3n) is 1.48. The topological polar surface area (TPSA) is 35.8 Å². The maximum absolute atomic E-state index is 8.68. The third kappa shape index (κ3) is 1.52. The molecule has 0 fully saturated rings. The lowest BCUT2D eigenvalue weighted by atomic mass is 10.3. The molecule has 0 aromatic carbocycles. The van der Waals surface area contributed by atoms with E-state index in [1.54, 1.807) is 11.3 Å². The summed E-state index contributed by atoms with van der Waals surface area (Å²) in [5.41, 5.74) is 0.759. The van der Waals surface area contributed by atoms with E-state index in [-0.39, 0.29) is 0 Å². The predicted molar refractivity (Wildman–Crippen MR) is 48.0 cm³/mol. The Morgan fingerprint density at radius 1 is 1.73 bits per heavy atom. The van der Waals surface area contributed by atoms with E-state index in [4.69, 9.17) is 5.26 Å². The highest BCUT2D eigenvalue weighted by Crippen LogP contribution is 2.26. The molecule has 0 unspecified atom stereocenters. The van der Waals surface area contributed by atoms with Gasteiger partial charge in [0.2, 0.25) is 0 Å². The van der Waals surface area contributed by atoms with Crippen molar-refractivity contribution in [3.8, 4) is 6.07 Å². The summed E-state index contributed by atoms with van der Waals surface area (Å²) >= 11 is 1.65.